The Labute approximate surface area is 191 Å². The van der Waals surface area contributed by atoms with E-state index in [1.165, 1.54) is 0 Å². The first-order valence-electron chi connectivity index (χ1n) is 11.5. The summed E-state index contributed by atoms with van der Waals surface area (Å²) in [5.41, 5.74) is -0.437. The van der Waals surface area contributed by atoms with Crippen molar-refractivity contribution >= 4 is 5.78 Å². The van der Waals surface area contributed by atoms with Crippen LogP contribution in [0.5, 0.6) is 0 Å². The lowest BCUT2D eigenvalue weighted by atomic mass is 9.56. The van der Waals surface area contributed by atoms with E-state index in [9.17, 15) is 15.0 Å². The minimum atomic E-state index is -0.757. The molecule has 2 N–H and O–H groups in total. The van der Waals surface area contributed by atoms with Crippen molar-refractivity contribution in [2.75, 3.05) is 39.4 Å². The summed E-state index contributed by atoms with van der Waals surface area (Å²) in [5, 5.41) is 20.5. The molecule has 172 valence electrons. The molecule has 0 spiro atoms. The van der Waals surface area contributed by atoms with E-state index in [1.807, 2.05) is 64.1 Å². The average molecular weight is 437 g/mol. The fraction of sp³-hybridized carbons (Fsp3) is 0.519. The van der Waals surface area contributed by atoms with E-state index in [4.69, 9.17) is 0 Å². The fourth-order valence-corrected chi connectivity index (χ4v) is 5.46. The summed E-state index contributed by atoms with van der Waals surface area (Å²) >= 11 is 0. The maximum Gasteiger partial charge on any atom is 0.159 e. The van der Waals surface area contributed by atoms with Gasteiger partial charge in [-0.15, -0.1) is 0 Å². The zero-order valence-electron chi connectivity index (χ0n) is 19.7. The summed E-state index contributed by atoms with van der Waals surface area (Å²) in [6.07, 6.45) is 0. The number of carbonyl (C=O) groups is 1. The van der Waals surface area contributed by atoms with Crippen molar-refractivity contribution in [3.8, 4) is 0 Å². The Hall–Kier alpha value is -2.05. The molecule has 0 aromatic heterocycles. The van der Waals surface area contributed by atoms with Gasteiger partial charge >= 0.3 is 0 Å². The maximum absolute atomic E-state index is 14.6. The molecule has 4 rings (SSSR count). The van der Waals surface area contributed by atoms with Crippen molar-refractivity contribution in [3.63, 3.8) is 0 Å². The van der Waals surface area contributed by atoms with Gasteiger partial charge in [-0.1, -0.05) is 60.7 Å². The number of aliphatic hydroxyl groups excluding tert-OH is 2. The highest BCUT2D eigenvalue weighted by molar-refractivity contribution is 6.01. The molecule has 0 unspecified atom stereocenters. The number of rotatable bonds is 6. The van der Waals surface area contributed by atoms with Crippen LogP contribution in [-0.4, -0.2) is 76.3 Å². The predicted molar refractivity (Wildman–Crippen MR) is 127 cm³/mol. The normalized spacial score (nSPS) is 27.5. The average Bonchev–Trinajstić information content (AvgIpc) is 2.80. The SMILES string of the molecule is CC(C)(CO)N1CC2(c3ccccc3)CN(C(C)(C)CO)CC(c3ccccc3)(C1)C2=O. The van der Waals surface area contributed by atoms with Crippen molar-refractivity contribution in [1.29, 1.82) is 0 Å². The highest BCUT2D eigenvalue weighted by Gasteiger charge is 2.63. The second-order valence-corrected chi connectivity index (χ2v) is 10.9. The minimum Gasteiger partial charge on any atom is -0.394 e. The standard InChI is InChI=1S/C27H36N2O3/c1-24(2,19-30)28-15-26(21-11-7-5-8-12-21)17-29(25(3,4)20-31)18-27(16-28,23(26)32)22-13-9-6-10-14-22/h5-14,30-31H,15-20H2,1-4H3. The quantitative estimate of drug-likeness (QED) is 0.729. The van der Waals surface area contributed by atoms with Gasteiger partial charge in [0.15, 0.2) is 5.78 Å². The Balaban J connectivity index is 1.98. The number of hydrogen-bond acceptors (Lipinski definition) is 5. The van der Waals surface area contributed by atoms with Gasteiger partial charge in [0, 0.05) is 37.3 Å². The molecule has 32 heavy (non-hydrogen) atoms. The Morgan fingerprint density at radius 2 is 1.00 bits per heavy atom. The molecule has 2 aromatic carbocycles. The minimum absolute atomic E-state index is 0.0166. The number of piperidine rings is 2. The lowest BCUT2D eigenvalue weighted by Crippen LogP contribution is -2.77. The van der Waals surface area contributed by atoms with Gasteiger partial charge in [-0.2, -0.15) is 0 Å². The van der Waals surface area contributed by atoms with Crippen LogP contribution in [-0.2, 0) is 15.6 Å². The summed E-state index contributed by atoms with van der Waals surface area (Å²) in [6.45, 7) is 10.4. The molecule has 2 saturated heterocycles. The van der Waals surface area contributed by atoms with Crippen molar-refractivity contribution in [2.45, 2.75) is 49.6 Å². The van der Waals surface area contributed by atoms with Gasteiger partial charge in [-0.3, -0.25) is 14.6 Å². The Morgan fingerprint density at radius 3 is 1.28 bits per heavy atom. The first-order valence-corrected chi connectivity index (χ1v) is 11.5. The topological polar surface area (TPSA) is 64.0 Å². The number of nitrogens with zero attached hydrogens (tertiary/aromatic N) is 2. The van der Waals surface area contributed by atoms with Gasteiger partial charge in [0.05, 0.1) is 24.0 Å². The van der Waals surface area contributed by atoms with Gasteiger partial charge in [-0.25, -0.2) is 0 Å². The largest absolute Gasteiger partial charge is 0.394 e. The zero-order valence-corrected chi connectivity index (χ0v) is 19.7. The summed E-state index contributed by atoms with van der Waals surface area (Å²) in [6, 6.07) is 20.1. The second-order valence-electron chi connectivity index (χ2n) is 10.9. The number of hydrogen-bond donors (Lipinski definition) is 2. The molecule has 0 amide bonds. The molecule has 5 nitrogen and oxygen atoms in total. The molecule has 0 radical (unpaired) electrons. The zero-order chi connectivity index (χ0) is 23.2. The van der Waals surface area contributed by atoms with Crippen molar-refractivity contribution in [2.24, 2.45) is 0 Å². The number of carbonyl (C=O) groups excluding carboxylic acids is 1. The predicted octanol–water partition coefficient (Wildman–Crippen LogP) is 2.60. The highest BCUT2D eigenvalue weighted by Crippen LogP contribution is 2.49. The van der Waals surface area contributed by atoms with E-state index >= 15 is 0 Å². The summed E-state index contributed by atoms with van der Waals surface area (Å²) in [7, 11) is 0. The van der Waals surface area contributed by atoms with E-state index in [0.29, 0.717) is 26.2 Å². The molecule has 2 aromatic rings. The fourth-order valence-electron chi connectivity index (χ4n) is 5.46. The van der Waals surface area contributed by atoms with Crippen LogP contribution in [0.1, 0.15) is 38.8 Å². The molecule has 2 fully saturated rings. The Bertz CT molecular complexity index is 866. The molecule has 2 bridgehead atoms. The first kappa shape index (κ1) is 23.1. The van der Waals surface area contributed by atoms with E-state index in [2.05, 4.69) is 34.1 Å². The number of Topliss-reactive ketones (excluding diaryl/α,β-unsaturated/α-hetero) is 1. The van der Waals surface area contributed by atoms with E-state index in [0.717, 1.165) is 11.1 Å². The number of fused-ring (bicyclic) bond motifs is 2. The first-order chi connectivity index (χ1) is 15.1. The van der Waals surface area contributed by atoms with Gasteiger partial charge < -0.3 is 10.2 Å². The monoisotopic (exact) mass is 436 g/mol. The van der Waals surface area contributed by atoms with Crippen LogP contribution in [0.15, 0.2) is 60.7 Å². The van der Waals surface area contributed by atoms with Crippen LogP contribution >= 0.6 is 0 Å². The Kier molecular flexibility index (Phi) is 5.83. The number of likely N-dealkylation sites (tertiary alicyclic amines) is 2. The number of benzene rings is 2. The van der Waals surface area contributed by atoms with Crippen LogP contribution in [0.2, 0.25) is 0 Å². The van der Waals surface area contributed by atoms with Gasteiger partial charge in [0.2, 0.25) is 0 Å². The molecular weight excluding hydrogens is 400 g/mol. The lowest BCUT2D eigenvalue weighted by molar-refractivity contribution is -0.154. The van der Waals surface area contributed by atoms with E-state index < -0.39 is 21.9 Å². The maximum atomic E-state index is 14.6. The van der Waals surface area contributed by atoms with Gasteiger partial charge in [0.1, 0.15) is 0 Å². The highest BCUT2D eigenvalue weighted by atomic mass is 16.3. The van der Waals surface area contributed by atoms with E-state index in [-0.39, 0.29) is 19.0 Å². The van der Waals surface area contributed by atoms with Crippen LogP contribution in [0.3, 0.4) is 0 Å². The molecule has 2 aliphatic rings. The summed E-state index contributed by atoms with van der Waals surface area (Å²) in [4.78, 5) is 19.2. The Morgan fingerprint density at radius 1 is 0.688 bits per heavy atom. The molecule has 0 atom stereocenters. The smallest absolute Gasteiger partial charge is 0.159 e. The summed E-state index contributed by atoms with van der Waals surface area (Å²) < 4.78 is 0. The van der Waals surface area contributed by atoms with Crippen LogP contribution in [0.4, 0.5) is 0 Å². The lowest BCUT2D eigenvalue weighted by Gasteiger charge is -2.62. The van der Waals surface area contributed by atoms with Crippen LogP contribution in [0.25, 0.3) is 0 Å². The second kappa shape index (κ2) is 8.07. The molecular formula is C27H36N2O3. The molecule has 0 aliphatic carbocycles. The van der Waals surface area contributed by atoms with Gasteiger partial charge in [0.25, 0.3) is 0 Å². The number of aliphatic hydroxyl groups is 2. The molecule has 2 aliphatic heterocycles. The molecule has 0 saturated carbocycles. The van der Waals surface area contributed by atoms with E-state index in [1.54, 1.807) is 0 Å². The van der Waals surface area contributed by atoms with Crippen LogP contribution in [0, 0.1) is 0 Å². The van der Waals surface area contributed by atoms with Gasteiger partial charge in [-0.05, 0) is 38.8 Å². The van der Waals surface area contributed by atoms with Crippen molar-refractivity contribution in [1.82, 2.24) is 9.80 Å². The summed E-state index contributed by atoms with van der Waals surface area (Å²) in [5.74, 6) is 0.248. The number of ketones is 1. The van der Waals surface area contributed by atoms with Crippen molar-refractivity contribution < 1.29 is 15.0 Å². The third-order valence-electron chi connectivity index (χ3n) is 7.85. The molecule has 2 heterocycles. The molecule has 5 heteroatoms. The third kappa shape index (κ3) is 3.52. The van der Waals surface area contributed by atoms with Crippen molar-refractivity contribution in [3.05, 3.63) is 71.8 Å². The van der Waals surface area contributed by atoms with Crippen LogP contribution < -0.4 is 0 Å². The third-order valence-corrected chi connectivity index (χ3v) is 7.85.